The molecule has 6 heteroatoms. The lowest BCUT2D eigenvalue weighted by Crippen LogP contribution is -2.54. The molecular formula is C15H23N3O3. The van der Waals surface area contributed by atoms with Crippen LogP contribution >= 0.6 is 0 Å². The average Bonchev–Trinajstić information content (AvgIpc) is 2.99. The van der Waals surface area contributed by atoms with E-state index in [2.05, 4.69) is 16.0 Å². The van der Waals surface area contributed by atoms with Crippen molar-refractivity contribution in [1.29, 1.82) is 0 Å². The van der Waals surface area contributed by atoms with Crippen LogP contribution in [0.5, 0.6) is 0 Å². The van der Waals surface area contributed by atoms with E-state index >= 15 is 0 Å². The van der Waals surface area contributed by atoms with Crippen LogP contribution in [0.1, 0.15) is 37.2 Å². The first kappa shape index (κ1) is 15.6. The molecule has 1 aromatic rings. The van der Waals surface area contributed by atoms with Crippen LogP contribution in [0.4, 0.5) is 0 Å². The van der Waals surface area contributed by atoms with E-state index in [1.54, 1.807) is 12.1 Å². The summed E-state index contributed by atoms with van der Waals surface area (Å²) >= 11 is 0. The first-order chi connectivity index (χ1) is 10.1. The zero-order valence-electron chi connectivity index (χ0n) is 12.5. The second-order valence-corrected chi connectivity index (χ2v) is 5.72. The Kier molecular flexibility index (Phi) is 5.38. The maximum absolute atomic E-state index is 12.4. The predicted molar refractivity (Wildman–Crippen MR) is 78.8 cm³/mol. The van der Waals surface area contributed by atoms with Gasteiger partial charge < -0.3 is 20.4 Å². The van der Waals surface area contributed by atoms with Crippen LogP contribution in [-0.4, -0.2) is 37.0 Å². The number of carbonyl (C=O) groups is 2. The molecule has 21 heavy (non-hydrogen) atoms. The highest BCUT2D eigenvalue weighted by molar-refractivity contribution is 5.95. The minimum atomic E-state index is -0.565. The van der Waals surface area contributed by atoms with Crippen molar-refractivity contribution in [1.82, 2.24) is 16.0 Å². The predicted octanol–water partition coefficient (Wildman–Crippen LogP) is 0.902. The Morgan fingerprint density at radius 3 is 2.81 bits per heavy atom. The van der Waals surface area contributed by atoms with E-state index in [0.29, 0.717) is 0 Å². The number of furan rings is 1. The van der Waals surface area contributed by atoms with Gasteiger partial charge in [0, 0.05) is 12.6 Å². The fourth-order valence-corrected chi connectivity index (χ4v) is 2.42. The summed E-state index contributed by atoms with van der Waals surface area (Å²) in [6.07, 6.45) is 3.46. The van der Waals surface area contributed by atoms with E-state index in [0.717, 1.165) is 25.9 Å². The van der Waals surface area contributed by atoms with Gasteiger partial charge in [-0.25, -0.2) is 0 Å². The highest BCUT2D eigenvalue weighted by Crippen LogP contribution is 2.08. The lowest BCUT2D eigenvalue weighted by Gasteiger charge is -2.27. The van der Waals surface area contributed by atoms with Crippen LogP contribution in [0, 0.1) is 5.92 Å². The highest BCUT2D eigenvalue weighted by atomic mass is 16.3. The van der Waals surface area contributed by atoms with Crippen molar-refractivity contribution in [3.63, 3.8) is 0 Å². The van der Waals surface area contributed by atoms with Gasteiger partial charge in [0.15, 0.2) is 5.76 Å². The Bertz CT molecular complexity index is 465. The van der Waals surface area contributed by atoms with Gasteiger partial charge in [-0.15, -0.1) is 0 Å². The van der Waals surface area contributed by atoms with E-state index in [4.69, 9.17) is 4.42 Å². The SMILES string of the molecule is CC(C)C(NC(=O)c1ccco1)C(=O)N[C@H]1CCCNC1. The monoisotopic (exact) mass is 293 g/mol. The molecule has 1 aliphatic rings. The number of nitrogens with one attached hydrogen (secondary N) is 3. The van der Waals surface area contributed by atoms with Crippen molar-refractivity contribution in [2.75, 3.05) is 13.1 Å². The van der Waals surface area contributed by atoms with Crippen LogP contribution in [0.15, 0.2) is 22.8 Å². The van der Waals surface area contributed by atoms with E-state index in [9.17, 15) is 9.59 Å². The average molecular weight is 293 g/mol. The minimum Gasteiger partial charge on any atom is -0.459 e. The molecule has 2 rings (SSSR count). The zero-order valence-corrected chi connectivity index (χ0v) is 12.5. The van der Waals surface area contributed by atoms with Gasteiger partial charge in [-0.3, -0.25) is 9.59 Å². The summed E-state index contributed by atoms with van der Waals surface area (Å²) in [5, 5.41) is 9.00. The lowest BCUT2D eigenvalue weighted by atomic mass is 10.0. The molecule has 1 aromatic heterocycles. The summed E-state index contributed by atoms with van der Waals surface area (Å²) in [7, 11) is 0. The number of piperidine rings is 1. The Labute approximate surface area is 124 Å². The van der Waals surface area contributed by atoms with Crippen LogP contribution in [0.25, 0.3) is 0 Å². The molecular weight excluding hydrogens is 270 g/mol. The molecule has 1 unspecified atom stereocenters. The second-order valence-electron chi connectivity index (χ2n) is 5.72. The van der Waals surface area contributed by atoms with Gasteiger partial charge in [0.2, 0.25) is 5.91 Å². The molecule has 0 radical (unpaired) electrons. The van der Waals surface area contributed by atoms with E-state index in [1.165, 1.54) is 6.26 Å². The van der Waals surface area contributed by atoms with Gasteiger partial charge in [-0.1, -0.05) is 13.8 Å². The number of carbonyl (C=O) groups excluding carboxylic acids is 2. The van der Waals surface area contributed by atoms with Gasteiger partial charge in [0.05, 0.1) is 6.26 Å². The van der Waals surface area contributed by atoms with Gasteiger partial charge in [-0.05, 0) is 37.4 Å². The largest absolute Gasteiger partial charge is 0.459 e. The molecule has 0 spiro atoms. The fourth-order valence-electron chi connectivity index (χ4n) is 2.42. The molecule has 1 fully saturated rings. The van der Waals surface area contributed by atoms with Crippen molar-refractivity contribution < 1.29 is 14.0 Å². The first-order valence-corrected chi connectivity index (χ1v) is 7.43. The standard InChI is InChI=1S/C15H23N3O3/c1-10(2)13(18-14(19)12-6-4-8-21-12)15(20)17-11-5-3-7-16-9-11/h4,6,8,10-11,13,16H,3,5,7,9H2,1-2H3,(H,17,20)(H,18,19)/t11-,13?/m0/s1. The van der Waals surface area contributed by atoms with Crippen LogP contribution < -0.4 is 16.0 Å². The van der Waals surface area contributed by atoms with Crippen molar-refractivity contribution in [3.05, 3.63) is 24.2 Å². The molecule has 1 saturated heterocycles. The molecule has 0 bridgehead atoms. The molecule has 2 heterocycles. The molecule has 0 aromatic carbocycles. The normalized spacial score (nSPS) is 20.0. The molecule has 6 nitrogen and oxygen atoms in total. The molecule has 1 aliphatic heterocycles. The third kappa shape index (κ3) is 4.32. The number of amides is 2. The van der Waals surface area contributed by atoms with Gasteiger partial charge in [0.25, 0.3) is 5.91 Å². The third-order valence-corrected chi connectivity index (χ3v) is 3.62. The molecule has 2 amide bonds. The summed E-state index contributed by atoms with van der Waals surface area (Å²) in [5.74, 6) is -0.289. The highest BCUT2D eigenvalue weighted by Gasteiger charge is 2.27. The number of hydrogen-bond donors (Lipinski definition) is 3. The Morgan fingerprint density at radius 1 is 1.43 bits per heavy atom. The van der Waals surface area contributed by atoms with E-state index in [1.807, 2.05) is 13.8 Å². The molecule has 0 aliphatic carbocycles. The molecule has 116 valence electrons. The Balaban J connectivity index is 1.94. The third-order valence-electron chi connectivity index (χ3n) is 3.62. The number of hydrogen-bond acceptors (Lipinski definition) is 4. The van der Waals surface area contributed by atoms with E-state index < -0.39 is 6.04 Å². The zero-order chi connectivity index (χ0) is 15.2. The van der Waals surface area contributed by atoms with Crippen molar-refractivity contribution in [3.8, 4) is 0 Å². The molecule has 2 atom stereocenters. The van der Waals surface area contributed by atoms with Crippen molar-refractivity contribution >= 4 is 11.8 Å². The maximum atomic E-state index is 12.4. The Morgan fingerprint density at radius 2 is 2.24 bits per heavy atom. The van der Waals surface area contributed by atoms with Gasteiger partial charge in [0.1, 0.15) is 6.04 Å². The van der Waals surface area contributed by atoms with Crippen LogP contribution in [0.2, 0.25) is 0 Å². The smallest absolute Gasteiger partial charge is 0.287 e. The Hall–Kier alpha value is -1.82. The number of rotatable bonds is 5. The second kappa shape index (κ2) is 7.26. The molecule has 0 saturated carbocycles. The van der Waals surface area contributed by atoms with Crippen molar-refractivity contribution in [2.45, 2.75) is 38.8 Å². The quantitative estimate of drug-likeness (QED) is 0.753. The van der Waals surface area contributed by atoms with Crippen molar-refractivity contribution in [2.24, 2.45) is 5.92 Å². The van der Waals surface area contributed by atoms with Gasteiger partial charge >= 0.3 is 0 Å². The van der Waals surface area contributed by atoms with E-state index in [-0.39, 0.29) is 29.5 Å². The van der Waals surface area contributed by atoms with Crippen LogP contribution in [0.3, 0.4) is 0 Å². The topological polar surface area (TPSA) is 83.4 Å². The van der Waals surface area contributed by atoms with Crippen LogP contribution in [-0.2, 0) is 4.79 Å². The summed E-state index contributed by atoms with van der Waals surface area (Å²) in [5.41, 5.74) is 0. The summed E-state index contributed by atoms with van der Waals surface area (Å²) in [4.78, 5) is 24.4. The summed E-state index contributed by atoms with van der Waals surface area (Å²) < 4.78 is 5.05. The minimum absolute atomic E-state index is 0.000428. The maximum Gasteiger partial charge on any atom is 0.287 e. The first-order valence-electron chi connectivity index (χ1n) is 7.43. The van der Waals surface area contributed by atoms with Gasteiger partial charge in [-0.2, -0.15) is 0 Å². The fraction of sp³-hybridized carbons (Fsp3) is 0.600. The summed E-state index contributed by atoms with van der Waals surface area (Å²) in [6, 6.07) is 2.79. The molecule has 3 N–H and O–H groups in total. The lowest BCUT2D eigenvalue weighted by molar-refractivity contribution is -0.124. The summed E-state index contributed by atoms with van der Waals surface area (Å²) in [6.45, 7) is 5.59.